The lowest BCUT2D eigenvalue weighted by Gasteiger charge is -2.05. The monoisotopic (exact) mass is 239 g/mol. The molecule has 0 aliphatic carbocycles. The van der Waals surface area contributed by atoms with Crippen molar-refractivity contribution in [1.82, 2.24) is 15.0 Å². The predicted molar refractivity (Wildman–Crippen MR) is 61.5 cm³/mol. The third kappa shape index (κ3) is 2.40. The van der Waals surface area contributed by atoms with E-state index < -0.39 is 0 Å². The summed E-state index contributed by atoms with van der Waals surface area (Å²) in [7, 11) is 3.98. The van der Waals surface area contributed by atoms with Crippen LogP contribution < -0.4 is 0 Å². The van der Waals surface area contributed by atoms with E-state index in [-0.39, 0.29) is 5.75 Å². The highest BCUT2D eigenvalue weighted by Gasteiger charge is 2.13. The summed E-state index contributed by atoms with van der Waals surface area (Å²) in [5.41, 5.74) is 0. The van der Waals surface area contributed by atoms with Gasteiger partial charge < -0.3 is 14.5 Å². The lowest BCUT2D eigenvalue weighted by molar-refractivity contribution is 0.392. The van der Waals surface area contributed by atoms with Crippen molar-refractivity contribution in [3.05, 3.63) is 17.3 Å². The normalized spacial score (nSPS) is 11.2. The number of hydrogen-bond donors (Lipinski definition) is 1. The van der Waals surface area contributed by atoms with E-state index in [2.05, 4.69) is 15.0 Å². The minimum absolute atomic E-state index is 0.188. The van der Waals surface area contributed by atoms with Gasteiger partial charge in [-0.25, -0.2) is 0 Å². The van der Waals surface area contributed by atoms with Crippen LogP contribution in [0.1, 0.15) is 5.82 Å². The fraction of sp³-hybridized carbons (Fsp3) is 0.400. The Morgan fingerprint density at radius 3 is 2.94 bits per heavy atom. The van der Waals surface area contributed by atoms with Crippen LogP contribution in [0.2, 0.25) is 0 Å². The molecule has 0 saturated heterocycles. The van der Waals surface area contributed by atoms with E-state index in [1.54, 1.807) is 11.4 Å². The Kier molecular flexibility index (Phi) is 3.21. The van der Waals surface area contributed by atoms with Crippen molar-refractivity contribution in [3.8, 4) is 16.5 Å². The van der Waals surface area contributed by atoms with Crippen LogP contribution in [0, 0.1) is 0 Å². The zero-order chi connectivity index (χ0) is 11.5. The first-order valence-corrected chi connectivity index (χ1v) is 5.79. The average Bonchev–Trinajstić information content (AvgIpc) is 2.83. The Bertz CT molecular complexity index is 464. The maximum Gasteiger partial charge on any atom is 0.271 e. The van der Waals surface area contributed by atoms with Gasteiger partial charge >= 0.3 is 0 Å². The van der Waals surface area contributed by atoms with Crippen LogP contribution in [0.4, 0.5) is 0 Å². The number of nitrogens with zero attached hydrogens (tertiary/aromatic N) is 3. The molecule has 2 aromatic heterocycles. The number of aromatic nitrogens is 2. The molecular formula is C10H13N3O2S. The molecule has 0 aliphatic rings. The van der Waals surface area contributed by atoms with Crippen LogP contribution in [0.5, 0.6) is 5.75 Å². The van der Waals surface area contributed by atoms with Gasteiger partial charge in [0, 0.05) is 13.0 Å². The fourth-order valence-corrected chi connectivity index (χ4v) is 1.94. The second-order valence-electron chi connectivity index (χ2n) is 3.70. The van der Waals surface area contributed by atoms with Crippen LogP contribution >= 0.6 is 11.3 Å². The van der Waals surface area contributed by atoms with Gasteiger partial charge in [-0.05, 0) is 25.5 Å². The van der Waals surface area contributed by atoms with Crippen molar-refractivity contribution in [2.75, 3.05) is 20.6 Å². The molecule has 2 aromatic rings. The van der Waals surface area contributed by atoms with E-state index in [0.29, 0.717) is 16.6 Å². The third-order valence-electron chi connectivity index (χ3n) is 2.09. The summed E-state index contributed by atoms with van der Waals surface area (Å²) < 4.78 is 5.09. The smallest absolute Gasteiger partial charge is 0.271 e. The van der Waals surface area contributed by atoms with Crippen LogP contribution in [0.25, 0.3) is 10.8 Å². The van der Waals surface area contributed by atoms with Crippen molar-refractivity contribution in [2.45, 2.75) is 6.42 Å². The molecule has 0 atom stereocenters. The number of thiophene rings is 1. The van der Waals surface area contributed by atoms with E-state index >= 15 is 0 Å². The van der Waals surface area contributed by atoms with Crippen molar-refractivity contribution < 1.29 is 9.63 Å². The van der Waals surface area contributed by atoms with Gasteiger partial charge in [0.2, 0.25) is 0 Å². The molecular weight excluding hydrogens is 226 g/mol. The summed E-state index contributed by atoms with van der Waals surface area (Å²) >= 11 is 1.38. The molecule has 0 radical (unpaired) electrons. The Labute approximate surface area is 97.3 Å². The lowest BCUT2D eigenvalue weighted by Crippen LogP contribution is -2.15. The molecule has 0 aliphatic heterocycles. The molecule has 0 spiro atoms. The van der Waals surface area contributed by atoms with Crippen molar-refractivity contribution in [1.29, 1.82) is 0 Å². The number of likely N-dealkylation sites (N-methyl/N-ethyl adjacent to an activating group) is 1. The molecule has 0 bridgehead atoms. The quantitative estimate of drug-likeness (QED) is 0.878. The predicted octanol–water partition coefficient (Wildman–Crippen LogP) is 1.61. The first-order chi connectivity index (χ1) is 7.66. The van der Waals surface area contributed by atoms with Crippen LogP contribution in [0.15, 0.2) is 16.0 Å². The maximum absolute atomic E-state index is 9.51. The zero-order valence-electron chi connectivity index (χ0n) is 9.17. The first-order valence-electron chi connectivity index (χ1n) is 4.91. The lowest BCUT2D eigenvalue weighted by atomic mass is 10.4. The van der Waals surface area contributed by atoms with E-state index in [9.17, 15) is 5.11 Å². The minimum atomic E-state index is 0.188. The van der Waals surface area contributed by atoms with Gasteiger partial charge in [0.25, 0.3) is 5.89 Å². The molecule has 86 valence electrons. The van der Waals surface area contributed by atoms with Gasteiger partial charge in [-0.2, -0.15) is 4.98 Å². The largest absolute Gasteiger partial charge is 0.506 e. The average molecular weight is 239 g/mol. The standard InChI is InChI=1S/C10H13N3O2S/c1-13(2)5-3-8-11-10(15-12-8)9-7(14)4-6-16-9/h4,6,14H,3,5H2,1-2H3. The van der Waals surface area contributed by atoms with Crippen molar-refractivity contribution in [2.24, 2.45) is 0 Å². The molecule has 0 aromatic carbocycles. The van der Waals surface area contributed by atoms with Crippen molar-refractivity contribution >= 4 is 11.3 Å². The molecule has 2 rings (SSSR count). The summed E-state index contributed by atoms with van der Waals surface area (Å²) in [5.74, 6) is 1.24. The SMILES string of the molecule is CN(C)CCc1noc(-c2sccc2O)n1. The summed E-state index contributed by atoms with van der Waals surface area (Å²) in [6, 6.07) is 1.61. The molecule has 0 unspecified atom stereocenters. The van der Waals surface area contributed by atoms with Gasteiger partial charge in [-0.15, -0.1) is 11.3 Å². The minimum Gasteiger partial charge on any atom is -0.506 e. The molecule has 16 heavy (non-hydrogen) atoms. The van der Waals surface area contributed by atoms with Crippen molar-refractivity contribution in [3.63, 3.8) is 0 Å². The van der Waals surface area contributed by atoms with E-state index in [4.69, 9.17) is 4.52 Å². The molecule has 0 amide bonds. The molecule has 1 N–H and O–H groups in total. The molecule has 5 nitrogen and oxygen atoms in total. The molecule has 6 heteroatoms. The van der Waals surface area contributed by atoms with E-state index in [1.165, 1.54) is 11.3 Å². The second kappa shape index (κ2) is 4.63. The van der Waals surface area contributed by atoms with Gasteiger partial charge in [-0.3, -0.25) is 0 Å². The zero-order valence-corrected chi connectivity index (χ0v) is 9.99. The second-order valence-corrected chi connectivity index (χ2v) is 4.62. The third-order valence-corrected chi connectivity index (χ3v) is 2.98. The topological polar surface area (TPSA) is 62.4 Å². The highest BCUT2D eigenvalue weighted by molar-refractivity contribution is 7.13. The molecule has 0 fully saturated rings. The Hall–Kier alpha value is -1.40. The summed E-state index contributed by atoms with van der Waals surface area (Å²) in [6.45, 7) is 0.870. The highest BCUT2D eigenvalue weighted by Crippen LogP contribution is 2.32. The molecule has 0 saturated carbocycles. The highest BCUT2D eigenvalue weighted by atomic mass is 32.1. The van der Waals surface area contributed by atoms with Gasteiger partial charge in [0.15, 0.2) is 5.82 Å². The van der Waals surface area contributed by atoms with Crippen LogP contribution in [-0.4, -0.2) is 40.8 Å². The fourth-order valence-electron chi connectivity index (χ4n) is 1.23. The van der Waals surface area contributed by atoms with Crippen LogP contribution in [0.3, 0.4) is 0 Å². The van der Waals surface area contributed by atoms with Gasteiger partial charge in [-0.1, -0.05) is 5.16 Å². The number of aromatic hydroxyl groups is 1. The summed E-state index contributed by atoms with van der Waals surface area (Å²) in [6.07, 6.45) is 0.739. The van der Waals surface area contributed by atoms with E-state index in [0.717, 1.165) is 13.0 Å². The number of hydrogen-bond acceptors (Lipinski definition) is 6. The molecule has 2 heterocycles. The van der Waals surface area contributed by atoms with Gasteiger partial charge in [0.1, 0.15) is 10.6 Å². The van der Waals surface area contributed by atoms with E-state index in [1.807, 2.05) is 14.1 Å². The Balaban J connectivity index is 2.11. The Morgan fingerprint density at radius 2 is 2.31 bits per heavy atom. The summed E-state index contributed by atoms with van der Waals surface area (Å²) in [4.78, 5) is 6.91. The number of rotatable bonds is 4. The van der Waals surface area contributed by atoms with Crippen LogP contribution in [-0.2, 0) is 6.42 Å². The van der Waals surface area contributed by atoms with Gasteiger partial charge in [0.05, 0.1) is 0 Å². The summed E-state index contributed by atoms with van der Waals surface area (Å²) in [5, 5.41) is 15.2. The maximum atomic E-state index is 9.51. The first kappa shape index (κ1) is 11.1. The Morgan fingerprint density at radius 1 is 1.50 bits per heavy atom.